The second kappa shape index (κ2) is 8.87. The van der Waals surface area contributed by atoms with Crippen LogP contribution < -0.4 is 10.1 Å². The minimum Gasteiger partial charge on any atom is -0.497 e. The molecule has 1 atom stereocenters. The van der Waals surface area contributed by atoms with Gasteiger partial charge in [0.2, 0.25) is 5.91 Å². The van der Waals surface area contributed by atoms with E-state index in [1.54, 1.807) is 31.5 Å². The molecule has 0 bridgehead atoms. The molecule has 0 aliphatic heterocycles. The van der Waals surface area contributed by atoms with Crippen molar-refractivity contribution in [1.82, 2.24) is 4.98 Å². The van der Waals surface area contributed by atoms with Crippen LogP contribution in [0.25, 0.3) is 0 Å². The minimum atomic E-state index is -1.11. The van der Waals surface area contributed by atoms with Crippen molar-refractivity contribution in [3.05, 3.63) is 76.8 Å². The molecule has 150 valence electrons. The monoisotopic (exact) mass is 410 g/mol. The van der Waals surface area contributed by atoms with Crippen molar-refractivity contribution in [3.8, 4) is 5.75 Å². The molecule has 0 aliphatic rings. The zero-order chi connectivity index (χ0) is 20.9. The van der Waals surface area contributed by atoms with Gasteiger partial charge in [-0.05, 0) is 30.2 Å². The number of carbonyl (C=O) groups excluding carboxylic acids is 2. The van der Waals surface area contributed by atoms with E-state index in [1.165, 1.54) is 18.4 Å². The molecule has 6 nitrogen and oxygen atoms in total. The zero-order valence-corrected chi connectivity index (χ0v) is 17.3. The highest BCUT2D eigenvalue weighted by Crippen LogP contribution is 2.36. The molecule has 1 heterocycles. The van der Waals surface area contributed by atoms with Crippen molar-refractivity contribution < 1.29 is 19.1 Å². The van der Waals surface area contributed by atoms with Crippen molar-refractivity contribution in [2.24, 2.45) is 0 Å². The molecule has 1 aromatic heterocycles. The number of anilines is 1. The van der Waals surface area contributed by atoms with Crippen molar-refractivity contribution in [3.63, 3.8) is 0 Å². The first-order valence-corrected chi connectivity index (χ1v) is 9.88. The van der Waals surface area contributed by atoms with Crippen LogP contribution in [-0.2, 0) is 26.2 Å². The molecule has 1 amide bonds. The summed E-state index contributed by atoms with van der Waals surface area (Å²) in [5.41, 5.74) is 1.03. The number of carbonyl (C=O) groups is 2. The summed E-state index contributed by atoms with van der Waals surface area (Å²) in [6.45, 7) is 1.76. The Bertz CT molecular complexity index is 986. The molecule has 2 aromatic carbocycles. The number of aromatic nitrogens is 1. The second-order valence-corrected chi connectivity index (χ2v) is 7.45. The summed E-state index contributed by atoms with van der Waals surface area (Å²) in [6, 6.07) is 16.7. The lowest BCUT2D eigenvalue weighted by molar-refractivity contribution is -0.145. The van der Waals surface area contributed by atoms with Crippen LogP contribution >= 0.6 is 11.3 Å². The van der Waals surface area contributed by atoms with Crippen LogP contribution in [0.3, 0.4) is 0 Å². The predicted octanol–water partition coefficient (Wildman–Crippen LogP) is 3.81. The number of thiazole rings is 1. The highest BCUT2D eigenvalue weighted by molar-refractivity contribution is 7.14. The summed E-state index contributed by atoms with van der Waals surface area (Å²) in [5.74, 6) is 0.0876. The van der Waals surface area contributed by atoms with Crippen LogP contribution in [0.2, 0.25) is 0 Å². The van der Waals surface area contributed by atoms with Crippen molar-refractivity contribution in [1.29, 1.82) is 0 Å². The Morgan fingerprint density at radius 1 is 1.07 bits per heavy atom. The maximum absolute atomic E-state index is 12.7. The Labute approximate surface area is 173 Å². The molecule has 0 saturated carbocycles. The third-order valence-electron chi connectivity index (χ3n) is 4.73. The standard InChI is InChI=1S/C22H22N2O4S/c1-22(20(26)28-3,16-9-11-17(27-2)12-10-16)18-14-29-21(23-18)24-19(25)13-15-7-5-4-6-8-15/h4-12,14H,13H2,1-3H3,(H,23,24,25). The Kier molecular flexibility index (Phi) is 6.29. The van der Waals surface area contributed by atoms with Gasteiger partial charge in [-0.15, -0.1) is 11.3 Å². The van der Waals surface area contributed by atoms with Gasteiger partial charge in [0.15, 0.2) is 5.13 Å². The van der Waals surface area contributed by atoms with Gasteiger partial charge in [0.1, 0.15) is 11.2 Å². The average molecular weight is 410 g/mol. The molecule has 3 rings (SSSR count). The molecule has 0 aliphatic carbocycles. The number of amides is 1. The summed E-state index contributed by atoms with van der Waals surface area (Å²) < 4.78 is 10.3. The number of ether oxygens (including phenoxy) is 2. The van der Waals surface area contributed by atoms with E-state index in [2.05, 4.69) is 10.3 Å². The maximum Gasteiger partial charge on any atom is 0.322 e. The lowest BCUT2D eigenvalue weighted by Crippen LogP contribution is -2.35. The molecule has 3 aromatic rings. The largest absolute Gasteiger partial charge is 0.497 e. The molecule has 0 spiro atoms. The Hall–Kier alpha value is -3.19. The molecule has 0 saturated heterocycles. The molecule has 0 radical (unpaired) electrons. The number of hydrogen-bond donors (Lipinski definition) is 1. The molecule has 7 heteroatoms. The summed E-state index contributed by atoms with van der Waals surface area (Å²) in [5, 5.41) is 5.00. The van der Waals surface area contributed by atoms with E-state index in [0.29, 0.717) is 16.6 Å². The van der Waals surface area contributed by atoms with Gasteiger partial charge in [-0.1, -0.05) is 42.5 Å². The van der Waals surface area contributed by atoms with Gasteiger partial charge in [-0.2, -0.15) is 0 Å². The summed E-state index contributed by atoms with van der Waals surface area (Å²) >= 11 is 1.27. The molecular weight excluding hydrogens is 388 g/mol. The van der Waals surface area contributed by atoms with E-state index < -0.39 is 11.4 Å². The van der Waals surface area contributed by atoms with Crippen molar-refractivity contribution in [2.75, 3.05) is 19.5 Å². The number of benzene rings is 2. The number of rotatable bonds is 7. The molecule has 0 fully saturated rings. The minimum absolute atomic E-state index is 0.165. The Balaban J connectivity index is 1.83. The predicted molar refractivity (Wildman–Crippen MR) is 112 cm³/mol. The van der Waals surface area contributed by atoms with E-state index in [0.717, 1.165) is 11.1 Å². The summed E-state index contributed by atoms with van der Waals surface area (Å²) in [6.07, 6.45) is 0.252. The highest BCUT2D eigenvalue weighted by Gasteiger charge is 2.40. The fraction of sp³-hybridized carbons (Fsp3) is 0.227. The molecular formula is C22H22N2O4S. The van der Waals surface area contributed by atoms with Gasteiger partial charge in [-0.25, -0.2) is 4.98 Å². The smallest absolute Gasteiger partial charge is 0.322 e. The molecule has 29 heavy (non-hydrogen) atoms. The fourth-order valence-electron chi connectivity index (χ4n) is 3.00. The lowest BCUT2D eigenvalue weighted by Gasteiger charge is -2.25. The lowest BCUT2D eigenvalue weighted by atomic mass is 9.80. The topological polar surface area (TPSA) is 77.5 Å². The second-order valence-electron chi connectivity index (χ2n) is 6.59. The summed E-state index contributed by atoms with van der Waals surface area (Å²) in [7, 11) is 2.93. The van der Waals surface area contributed by atoms with Gasteiger partial charge in [0.25, 0.3) is 0 Å². The number of methoxy groups -OCH3 is 2. The van der Waals surface area contributed by atoms with Crippen LogP contribution in [0.15, 0.2) is 60.0 Å². The van der Waals surface area contributed by atoms with E-state index >= 15 is 0 Å². The normalized spacial score (nSPS) is 12.7. The first-order chi connectivity index (χ1) is 14.0. The van der Waals surface area contributed by atoms with E-state index in [1.807, 2.05) is 42.5 Å². The number of nitrogens with one attached hydrogen (secondary N) is 1. The van der Waals surface area contributed by atoms with Crippen LogP contribution in [0.4, 0.5) is 5.13 Å². The Morgan fingerprint density at radius 2 is 1.76 bits per heavy atom. The maximum atomic E-state index is 12.7. The number of hydrogen-bond acceptors (Lipinski definition) is 6. The van der Waals surface area contributed by atoms with Gasteiger partial charge >= 0.3 is 5.97 Å². The summed E-state index contributed by atoms with van der Waals surface area (Å²) in [4.78, 5) is 29.5. The number of nitrogens with zero attached hydrogens (tertiary/aromatic N) is 1. The van der Waals surface area contributed by atoms with Crippen LogP contribution in [-0.4, -0.2) is 31.1 Å². The Morgan fingerprint density at radius 3 is 2.38 bits per heavy atom. The van der Waals surface area contributed by atoms with Gasteiger partial charge < -0.3 is 14.8 Å². The van der Waals surface area contributed by atoms with E-state index in [9.17, 15) is 9.59 Å². The van der Waals surface area contributed by atoms with Crippen molar-refractivity contribution >= 4 is 28.3 Å². The number of esters is 1. The van der Waals surface area contributed by atoms with Crippen LogP contribution in [0, 0.1) is 0 Å². The van der Waals surface area contributed by atoms with Crippen molar-refractivity contribution in [2.45, 2.75) is 18.8 Å². The van der Waals surface area contributed by atoms with Gasteiger partial charge in [0.05, 0.1) is 26.3 Å². The third kappa shape index (κ3) is 4.46. The quantitative estimate of drug-likeness (QED) is 0.599. The average Bonchev–Trinajstić information content (AvgIpc) is 3.22. The fourth-order valence-corrected chi connectivity index (χ4v) is 3.84. The van der Waals surface area contributed by atoms with E-state index in [-0.39, 0.29) is 12.3 Å². The first kappa shape index (κ1) is 20.5. The van der Waals surface area contributed by atoms with Crippen LogP contribution in [0.5, 0.6) is 5.75 Å². The molecule has 1 N–H and O–H groups in total. The third-order valence-corrected chi connectivity index (χ3v) is 5.49. The van der Waals surface area contributed by atoms with Crippen LogP contribution in [0.1, 0.15) is 23.7 Å². The van der Waals surface area contributed by atoms with Gasteiger partial charge in [0, 0.05) is 5.38 Å². The first-order valence-electron chi connectivity index (χ1n) is 9.00. The SMILES string of the molecule is COC(=O)C(C)(c1ccc(OC)cc1)c1csc(NC(=O)Cc2ccccc2)n1. The highest BCUT2D eigenvalue weighted by atomic mass is 32.1. The molecule has 1 unspecified atom stereocenters. The zero-order valence-electron chi connectivity index (χ0n) is 16.5. The van der Waals surface area contributed by atoms with Gasteiger partial charge in [-0.3, -0.25) is 9.59 Å². The van der Waals surface area contributed by atoms with E-state index in [4.69, 9.17) is 9.47 Å².